The first kappa shape index (κ1) is 20.8. The summed E-state index contributed by atoms with van der Waals surface area (Å²) >= 11 is 0. The van der Waals surface area contributed by atoms with Crippen LogP contribution in [-0.4, -0.2) is 50.7 Å². The van der Waals surface area contributed by atoms with Gasteiger partial charge in [0.05, 0.1) is 4.90 Å². The number of rotatable bonds is 8. The lowest BCUT2D eigenvalue weighted by Gasteiger charge is -2.30. The van der Waals surface area contributed by atoms with E-state index in [0.717, 1.165) is 50.5 Å². The molecule has 1 heterocycles. The monoisotopic (exact) mass is 384 g/mol. The van der Waals surface area contributed by atoms with E-state index in [-0.39, 0.29) is 4.90 Å². The lowest BCUT2D eigenvalue weighted by molar-refractivity contribution is -0.120. The molecule has 1 aliphatic heterocycles. The van der Waals surface area contributed by atoms with Gasteiger partial charge in [-0.2, -0.15) is 0 Å². The standard InChI is InChI=1S/C19H29FN2O3S/c1-15-9-13-22(14-10-15)12-4-3-11-21-19(23)16(2)26(24,25)18-7-5-17(20)6-8-18/h5-8,15-16H,3-4,9-14H2,1-2H3,(H,21,23). The number of benzene rings is 1. The predicted molar refractivity (Wildman–Crippen MR) is 100 cm³/mol. The first-order valence-corrected chi connectivity index (χ1v) is 10.8. The van der Waals surface area contributed by atoms with E-state index in [9.17, 15) is 17.6 Å². The number of carbonyl (C=O) groups is 1. The molecule has 0 aromatic heterocycles. The third kappa shape index (κ3) is 5.77. The number of nitrogens with zero attached hydrogens (tertiary/aromatic N) is 1. The Morgan fingerprint density at radius 1 is 1.23 bits per heavy atom. The van der Waals surface area contributed by atoms with Crippen LogP contribution in [0, 0.1) is 11.7 Å². The average Bonchev–Trinajstić information content (AvgIpc) is 2.62. The lowest BCUT2D eigenvalue weighted by atomic mass is 9.99. The highest BCUT2D eigenvalue weighted by atomic mass is 32.2. The molecule has 7 heteroatoms. The van der Waals surface area contributed by atoms with Crippen molar-refractivity contribution < 1.29 is 17.6 Å². The van der Waals surface area contributed by atoms with E-state index in [0.29, 0.717) is 6.54 Å². The van der Waals surface area contributed by atoms with Gasteiger partial charge in [0.1, 0.15) is 11.1 Å². The number of sulfone groups is 1. The number of likely N-dealkylation sites (tertiary alicyclic amines) is 1. The number of nitrogens with one attached hydrogen (secondary N) is 1. The van der Waals surface area contributed by atoms with Crippen molar-refractivity contribution in [2.75, 3.05) is 26.2 Å². The normalized spacial score (nSPS) is 17.8. The van der Waals surface area contributed by atoms with Crippen molar-refractivity contribution in [3.05, 3.63) is 30.1 Å². The zero-order valence-corrected chi connectivity index (χ0v) is 16.4. The quantitative estimate of drug-likeness (QED) is 0.553. The van der Waals surface area contributed by atoms with E-state index in [1.807, 2.05) is 0 Å². The van der Waals surface area contributed by atoms with Crippen LogP contribution in [0.25, 0.3) is 0 Å². The van der Waals surface area contributed by atoms with Crippen molar-refractivity contribution in [2.24, 2.45) is 5.92 Å². The van der Waals surface area contributed by atoms with Crippen LogP contribution in [0.4, 0.5) is 4.39 Å². The highest BCUT2D eigenvalue weighted by Gasteiger charge is 2.29. The molecule has 1 N–H and O–H groups in total. The van der Waals surface area contributed by atoms with E-state index < -0.39 is 26.8 Å². The largest absolute Gasteiger partial charge is 0.355 e. The van der Waals surface area contributed by atoms with Gasteiger partial charge in [0.2, 0.25) is 5.91 Å². The van der Waals surface area contributed by atoms with Gasteiger partial charge in [0.25, 0.3) is 0 Å². The summed E-state index contributed by atoms with van der Waals surface area (Å²) in [5.74, 6) is -0.208. The minimum absolute atomic E-state index is 0.0409. The van der Waals surface area contributed by atoms with E-state index in [1.54, 1.807) is 0 Å². The summed E-state index contributed by atoms with van der Waals surface area (Å²) in [5, 5.41) is 1.51. The summed E-state index contributed by atoms with van der Waals surface area (Å²) in [6.45, 7) is 7.41. The maximum atomic E-state index is 12.9. The van der Waals surface area contributed by atoms with Crippen LogP contribution < -0.4 is 5.32 Å². The molecule has 0 bridgehead atoms. The zero-order chi connectivity index (χ0) is 19.2. The fraction of sp³-hybridized carbons (Fsp3) is 0.632. The van der Waals surface area contributed by atoms with Gasteiger partial charge in [0, 0.05) is 6.54 Å². The molecule has 1 aliphatic rings. The van der Waals surface area contributed by atoms with Crippen molar-refractivity contribution >= 4 is 15.7 Å². The molecule has 0 spiro atoms. The SMILES string of the molecule is CC1CCN(CCCCNC(=O)C(C)S(=O)(=O)c2ccc(F)cc2)CC1. The van der Waals surface area contributed by atoms with Crippen LogP contribution in [0.5, 0.6) is 0 Å². The molecule has 0 aliphatic carbocycles. The van der Waals surface area contributed by atoms with Gasteiger partial charge in [0.15, 0.2) is 9.84 Å². The molecular weight excluding hydrogens is 355 g/mol. The number of halogens is 1. The average molecular weight is 385 g/mol. The second kappa shape index (κ2) is 9.46. The van der Waals surface area contributed by atoms with E-state index in [2.05, 4.69) is 17.1 Å². The molecule has 1 fully saturated rings. The molecule has 0 radical (unpaired) electrons. The highest BCUT2D eigenvalue weighted by molar-refractivity contribution is 7.92. The van der Waals surface area contributed by atoms with Crippen LogP contribution in [0.15, 0.2) is 29.2 Å². The summed E-state index contributed by atoms with van der Waals surface area (Å²) < 4.78 is 37.8. The summed E-state index contributed by atoms with van der Waals surface area (Å²) in [4.78, 5) is 14.6. The summed E-state index contributed by atoms with van der Waals surface area (Å²) in [5.41, 5.74) is 0. The van der Waals surface area contributed by atoms with Gasteiger partial charge >= 0.3 is 0 Å². The van der Waals surface area contributed by atoms with E-state index in [1.165, 1.54) is 31.9 Å². The van der Waals surface area contributed by atoms with Gasteiger partial charge in [-0.15, -0.1) is 0 Å². The minimum atomic E-state index is -3.81. The zero-order valence-electron chi connectivity index (χ0n) is 15.6. The van der Waals surface area contributed by atoms with Crippen molar-refractivity contribution in [3.63, 3.8) is 0 Å². The van der Waals surface area contributed by atoms with Crippen molar-refractivity contribution in [1.82, 2.24) is 10.2 Å². The van der Waals surface area contributed by atoms with Crippen LogP contribution in [0.3, 0.4) is 0 Å². The predicted octanol–water partition coefficient (Wildman–Crippen LogP) is 2.62. The van der Waals surface area contributed by atoms with Crippen LogP contribution >= 0.6 is 0 Å². The topological polar surface area (TPSA) is 66.5 Å². The molecular formula is C19H29FN2O3S. The van der Waals surface area contributed by atoms with Gasteiger partial charge in [-0.25, -0.2) is 12.8 Å². The maximum absolute atomic E-state index is 12.9. The second-order valence-corrected chi connectivity index (χ2v) is 9.43. The molecule has 1 atom stereocenters. The van der Waals surface area contributed by atoms with Crippen molar-refractivity contribution in [1.29, 1.82) is 0 Å². The van der Waals surface area contributed by atoms with E-state index in [4.69, 9.17) is 0 Å². The van der Waals surface area contributed by atoms with Crippen LogP contribution in [-0.2, 0) is 14.6 Å². The third-order valence-electron chi connectivity index (χ3n) is 5.05. The summed E-state index contributed by atoms with van der Waals surface area (Å²) in [6.07, 6.45) is 4.29. The number of hydrogen-bond acceptors (Lipinski definition) is 4. The third-order valence-corrected chi connectivity index (χ3v) is 7.13. The minimum Gasteiger partial charge on any atom is -0.355 e. The Morgan fingerprint density at radius 2 is 1.85 bits per heavy atom. The van der Waals surface area contributed by atoms with Crippen molar-refractivity contribution in [3.8, 4) is 0 Å². The first-order chi connectivity index (χ1) is 12.3. The number of carbonyl (C=O) groups excluding carboxylic acids is 1. The Bertz CT molecular complexity index is 683. The number of piperidine rings is 1. The molecule has 1 amide bonds. The maximum Gasteiger partial charge on any atom is 0.238 e. The molecule has 1 aromatic carbocycles. The van der Waals surface area contributed by atoms with Gasteiger partial charge in [-0.3, -0.25) is 4.79 Å². The molecule has 2 rings (SSSR count). The fourth-order valence-corrected chi connectivity index (χ4v) is 4.36. The second-order valence-electron chi connectivity index (χ2n) is 7.16. The molecule has 1 saturated heterocycles. The summed E-state index contributed by atoms with van der Waals surface area (Å²) in [7, 11) is -3.81. The highest BCUT2D eigenvalue weighted by Crippen LogP contribution is 2.17. The number of amides is 1. The van der Waals surface area contributed by atoms with Crippen LogP contribution in [0.2, 0.25) is 0 Å². The Kier molecular flexibility index (Phi) is 7.58. The van der Waals surface area contributed by atoms with Crippen molar-refractivity contribution in [2.45, 2.75) is 49.7 Å². The van der Waals surface area contributed by atoms with Gasteiger partial charge < -0.3 is 10.2 Å². The Balaban J connectivity index is 1.72. The molecule has 146 valence electrons. The molecule has 1 unspecified atom stereocenters. The molecule has 1 aromatic rings. The number of unbranched alkanes of at least 4 members (excludes halogenated alkanes) is 1. The lowest BCUT2D eigenvalue weighted by Crippen LogP contribution is -2.38. The fourth-order valence-electron chi connectivity index (χ4n) is 3.07. The van der Waals surface area contributed by atoms with Gasteiger partial charge in [-0.1, -0.05) is 6.92 Å². The first-order valence-electron chi connectivity index (χ1n) is 9.30. The Morgan fingerprint density at radius 3 is 2.46 bits per heavy atom. The molecule has 26 heavy (non-hydrogen) atoms. The van der Waals surface area contributed by atoms with E-state index >= 15 is 0 Å². The molecule has 5 nitrogen and oxygen atoms in total. The molecule has 0 saturated carbocycles. The summed E-state index contributed by atoms with van der Waals surface area (Å²) in [6, 6.07) is 4.54. The Hall–Kier alpha value is -1.47. The Labute approximate surface area is 155 Å². The van der Waals surface area contributed by atoms with Gasteiger partial charge in [-0.05, 0) is 82.4 Å². The smallest absolute Gasteiger partial charge is 0.238 e. The van der Waals surface area contributed by atoms with Crippen LogP contribution in [0.1, 0.15) is 39.5 Å². The number of hydrogen-bond donors (Lipinski definition) is 1.